The van der Waals surface area contributed by atoms with Gasteiger partial charge in [-0.1, -0.05) is 122 Å². The SMILES string of the molecule is Cc1cnc(-c2[c-]cc(C)c(-c3ccccc3)c2)cc1C.[2H]C([2H])([2H])c1ccc2c(n1)oc1c(-c3cc(CCc4ccc(C(C)(C)C)cc4)ccn3)[c-]ccc12.[Ir]. The molecule has 54 heavy (non-hydrogen) atoms. The molecule has 4 heterocycles. The van der Waals surface area contributed by atoms with Gasteiger partial charge in [-0.2, -0.15) is 0 Å². The van der Waals surface area contributed by atoms with E-state index >= 15 is 0 Å². The fourth-order valence-electron chi connectivity index (χ4n) is 6.45. The van der Waals surface area contributed by atoms with Gasteiger partial charge in [-0.05, 0) is 90.8 Å². The summed E-state index contributed by atoms with van der Waals surface area (Å²) in [5, 5.41) is 1.64. The van der Waals surface area contributed by atoms with E-state index in [4.69, 9.17) is 8.53 Å². The number of hydrogen-bond acceptors (Lipinski definition) is 4. The van der Waals surface area contributed by atoms with Crippen molar-refractivity contribution in [2.24, 2.45) is 0 Å². The van der Waals surface area contributed by atoms with Gasteiger partial charge in [0.05, 0.1) is 5.58 Å². The molecule has 0 saturated carbocycles. The van der Waals surface area contributed by atoms with E-state index in [-0.39, 0.29) is 31.2 Å². The molecular formula is C49H45IrN3O-2. The molecule has 0 spiro atoms. The fraction of sp³-hybridized carbons (Fsp3) is 0.204. The molecule has 0 aliphatic rings. The third-order valence-corrected chi connectivity index (χ3v) is 9.79. The van der Waals surface area contributed by atoms with E-state index in [9.17, 15) is 0 Å². The Bertz CT molecular complexity index is 2640. The number of rotatable bonds is 6. The van der Waals surface area contributed by atoms with Gasteiger partial charge in [-0.3, -0.25) is 0 Å². The molecule has 8 rings (SSSR count). The Labute approximate surface area is 337 Å². The van der Waals surface area contributed by atoms with Gasteiger partial charge >= 0.3 is 0 Å². The first-order valence-electron chi connectivity index (χ1n) is 19.5. The monoisotopic (exact) mass is 887 g/mol. The van der Waals surface area contributed by atoms with Gasteiger partial charge < -0.3 is 14.4 Å². The van der Waals surface area contributed by atoms with Crippen molar-refractivity contribution in [2.45, 2.75) is 66.7 Å². The topological polar surface area (TPSA) is 51.8 Å². The van der Waals surface area contributed by atoms with Gasteiger partial charge in [-0.15, -0.1) is 47.5 Å². The standard InChI is InChI=1S/C29H27N2O.C20H18N.Ir/c1-19-8-15-24-23-6-5-7-25(27(23)32-28(24)31-19)26-18-21(16-17-30-26)10-9-20-11-13-22(14-12-20)29(2,3)4;1-14-9-10-18(20-11-15(2)16(3)13-21-20)12-19(14)17-7-5-4-6-8-17;/h5-6,8,11-18H,9-10H2,1-4H3;4-9,11-13H,1-3H3;/q2*-1;/i1D3;;. The molecule has 0 atom stereocenters. The summed E-state index contributed by atoms with van der Waals surface area (Å²) < 4.78 is 29.0. The second-order valence-electron chi connectivity index (χ2n) is 14.7. The summed E-state index contributed by atoms with van der Waals surface area (Å²) in [4.78, 5) is 13.4. The van der Waals surface area contributed by atoms with E-state index in [1.54, 1.807) is 6.07 Å². The first kappa shape index (κ1) is 34.5. The summed E-state index contributed by atoms with van der Waals surface area (Å²) in [5.74, 6) is 0. The average molecular weight is 887 g/mol. The zero-order chi connectivity index (χ0) is 39.6. The largest absolute Gasteiger partial charge is 0.486 e. The fourth-order valence-corrected chi connectivity index (χ4v) is 6.45. The quantitative estimate of drug-likeness (QED) is 0.156. The van der Waals surface area contributed by atoms with Crippen LogP contribution in [-0.2, 0) is 38.4 Å². The van der Waals surface area contributed by atoms with Gasteiger partial charge in [0, 0.05) is 47.7 Å². The van der Waals surface area contributed by atoms with Crippen LogP contribution in [0.25, 0.3) is 55.7 Å². The van der Waals surface area contributed by atoms with Crippen molar-refractivity contribution in [1.29, 1.82) is 0 Å². The van der Waals surface area contributed by atoms with Gasteiger partial charge in [0.2, 0.25) is 5.71 Å². The van der Waals surface area contributed by atoms with E-state index in [0.29, 0.717) is 11.3 Å². The minimum Gasteiger partial charge on any atom is -0.486 e. The second-order valence-corrected chi connectivity index (χ2v) is 14.7. The third-order valence-electron chi connectivity index (χ3n) is 9.79. The van der Waals surface area contributed by atoms with Crippen molar-refractivity contribution in [3.63, 3.8) is 0 Å². The summed E-state index contributed by atoms with van der Waals surface area (Å²) in [7, 11) is 0. The normalized spacial score (nSPS) is 12.3. The Morgan fingerprint density at radius 2 is 1.50 bits per heavy atom. The molecule has 0 fully saturated rings. The minimum absolute atomic E-state index is 0. The summed E-state index contributed by atoms with van der Waals surface area (Å²) >= 11 is 0. The Balaban J connectivity index is 0.000000214. The number of nitrogens with zero attached hydrogens (tertiary/aromatic N) is 3. The number of furan rings is 1. The molecule has 4 aromatic carbocycles. The van der Waals surface area contributed by atoms with Crippen molar-refractivity contribution < 1.29 is 28.6 Å². The molecule has 0 unspecified atom stereocenters. The van der Waals surface area contributed by atoms with Crippen molar-refractivity contribution in [2.75, 3.05) is 0 Å². The first-order chi connectivity index (χ1) is 26.7. The maximum absolute atomic E-state index is 7.64. The molecule has 273 valence electrons. The molecule has 0 amide bonds. The summed E-state index contributed by atoms with van der Waals surface area (Å²) in [6.07, 6.45) is 5.58. The molecule has 8 aromatic rings. The Morgan fingerprint density at radius 3 is 2.24 bits per heavy atom. The molecule has 0 N–H and O–H groups in total. The van der Waals surface area contributed by atoms with E-state index in [0.717, 1.165) is 46.1 Å². The van der Waals surface area contributed by atoms with Crippen LogP contribution in [-0.4, -0.2) is 15.0 Å². The van der Waals surface area contributed by atoms with Crippen LogP contribution < -0.4 is 0 Å². The molecule has 0 aliphatic heterocycles. The van der Waals surface area contributed by atoms with E-state index < -0.39 is 6.85 Å². The molecule has 0 aliphatic carbocycles. The number of hydrogen-bond donors (Lipinski definition) is 0. The molecular weight excluding hydrogens is 839 g/mol. The zero-order valence-corrected chi connectivity index (χ0v) is 33.9. The Hall–Kier alpha value is -5.22. The number of aryl methyl sites for hydroxylation is 6. The molecule has 1 radical (unpaired) electrons. The molecule has 0 bridgehead atoms. The van der Waals surface area contributed by atoms with Crippen LogP contribution in [0.4, 0.5) is 0 Å². The van der Waals surface area contributed by atoms with Crippen LogP contribution in [0.1, 0.15) is 64.0 Å². The number of fused-ring (bicyclic) bond motifs is 3. The van der Waals surface area contributed by atoms with Crippen molar-refractivity contribution >= 4 is 22.1 Å². The summed E-state index contributed by atoms with van der Waals surface area (Å²) in [6, 6.07) is 43.4. The zero-order valence-electron chi connectivity index (χ0n) is 34.5. The smallest absolute Gasteiger partial charge is 0.216 e. The van der Waals surface area contributed by atoms with E-state index in [2.05, 4.69) is 141 Å². The van der Waals surface area contributed by atoms with Crippen LogP contribution in [0.3, 0.4) is 0 Å². The van der Waals surface area contributed by atoms with Gasteiger partial charge in [0.15, 0.2) is 0 Å². The number of pyridine rings is 3. The Morgan fingerprint density at radius 1 is 0.722 bits per heavy atom. The summed E-state index contributed by atoms with van der Waals surface area (Å²) in [5.41, 5.74) is 14.6. The molecule has 4 aromatic heterocycles. The summed E-state index contributed by atoms with van der Waals surface area (Å²) in [6.45, 7) is 10.7. The third kappa shape index (κ3) is 8.60. The van der Waals surface area contributed by atoms with E-state index in [1.807, 2.05) is 36.7 Å². The van der Waals surface area contributed by atoms with Gasteiger partial charge in [-0.25, -0.2) is 4.98 Å². The molecule has 0 saturated heterocycles. The van der Waals surface area contributed by atoms with E-state index in [1.165, 1.54) is 50.6 Å². The number of benzene rings is 4. The van der Waals surface area contributed by atoms with Gasteiger partial charge in [0.25, 0.3) is 0 Å². The maximum Gasteiger partial charge on any atom is 0.216 e. The molecule has 5 heteroatoms. The van der Waals surface area contributed by atoms with Crippen LogP contribution in [0, 0.1) is 39.8 Å². The van der Waals surface area contributed by atoms with Crippen LogP contribution in [0.15, 0.2) is 126 Å². The Kier molecular flexibility index (Phi) is 10.5. The van der Waals surface area contributed by atoms with Gasteiger partial charge in [0.1, 0.15) is 0 Å². The number of aromatic nitrogens is 3. The minimum atomic E-state index is -2.29. The maximum atomic E-state index is 7.64. The van der Waals surface area contributed by atoms with Crippen molar-refractivity contribution in [3.05, 3.63) is 173 Å². The second kappa shape index (κ2) is 16.4. The van der Waals surface area contributed by atoms with Crippen molar-refractivity contribution in [3.8, 4) is 33.6 Å². The van der Waals surface area contributed by atoms with Crippen LogP contribution in [0.2, 0.25) is 0 Å². The van der Waals surface area contributed by atoms with Crippen LogP contribution >= 0.6 is 0 Å². The predicted molar refractivity (Wildman–Crippen MR) is 219 cm³/mol. The average Bonchev–Trinajstić information content (AvgIpc) is 3.57. The molecule has 4 nitrogen and oxygen atoms in total. The van der Waals surface area contributed by atoms with Crippen molar-refractivity contribution in [1.82, 2.24) is 15.0 Å². The first-order valence-corrected chi connectivity index (χ1v) is 18.0. The predicted octanol–water partition coefficient (Wildman–Crippen LogP) is 12.4. The van der Waals surface area contributed by atoms with Crippen LogP contribution in [0.5, 0.6) is 0 Å².